The highest BCUT2D eigenvalue weighted by molar-refractivity contribution is 5.95. The van der Waals surface area contributed by atoms with Crippen LogP contribution in [-0.2, 0) is 4.74 Å². The van der Waals surface area contributed by atoms with Crippen molar-refractivity contribution in [2.45, 2.75) is 32.2 Å². The van der Waals surface area contributed by atoms with Crippen molar-refractivity contribution in [1.82, 2.24) is 10.6 Å². The molecule has 0 aromatic heterocycles. The molecular formula is C27H28N2O3. The Morgan fingerprint density at radius 1 is 0.656 bits per heavy atom. The summed E-state index contributed by atoms with van der Waals surface area (Å²) in [6.45, 7) is 4.09. The molecule has 5 heteroatoms. The Bertz CT molecular complexity index is 1040. The van der Waals surface area contributed by atoms with Crippen LogP contribution in [0.2, 0.25) is 0 Å². The third-order valence-corrected chi connectivity index (χ3v) is 6.15. The zero-order valence-electron chi connectivity index (χ0n) is 18.3. The van der Waals surface area contributed by atoms with Gasteiger partial charge in [0.15, 0.2) is 0 Å². The molecule has 1 heterocycles. The maximum absolute atomic E-state index is 13.0. The number of ether oxygens (including phenoxy) is 1. The molecule has 4 rings (SSSR count). The molecule has 5 nitrogen and oxygen atoms in total. The van der Waals surface area contributed by atoms with E-state index >= 15 is 0 Å². The van der Waals surface area contributed by atoms with Gasteiger partial charge in [-0.05, 0) is 29.8 Å². The second-order valence-electron chi connectivity index (χ2n) is 8.31. The summed E-state index contributed by atoms with van der Waals surface area (Å²) < 4.78 is 6.42. The molecule has 1 fully saturated rings. The first-order chi connectivity index (χ1) is 15.5. The van der Waals surface area contributed by atoms with Crippen LogP contribution in [0.1, 0.15) is 46.2 Å². The van der Waals surface area contributed by atoms with E-state index in [1.807, 2.05) is 73.7 Å². The van der Waals surface area contributed by atoms with Crippen molar-refractivity contribution in [3.05, 3.63) is 108 Å². The molecule has 3 aromatic rings. The Hall–Kier alpha value is -3.44. The van der Waals surface area contributed by atoms with Crippen LogP contribution in [0.25, 0.3) is 0 Å². The SMILES string of the molecule is C[C@H]1[C@@H](NC(=O)c2ccccc2)[C@@H](C)C(NC(=O)c2ccccc2)O[C@H]1c1ccccc1. The topological polar surface area (TPSA) is 67.4 Å². The van der Waals surface area contributed by atoms with Crippen LogP contribution in [0.15, 0.2) is 91.0 Å². The second kappa shape index (κ2) is 9.79. The molecular weight excluding hydrogens is 400 g/mol. The van der Waals surface area contributed by atoms with Crippen molar-refractivity contribution in [3.8, 4) is 0 Å². The summed E-state index contributed by atoms with van der Waals surface area (Å²) >= 11 is 0. The van der Waals surface area contributed by atoms with Gasteiger partial charge in [0, 0.05) is 29.0 Å². The maximum atomic E-state index is 13.0. The molecule has 32 heavy (non-hydrogen) atoms. The van der Waals surface area contributed by atoms with Crippen LogP contribution in [0.5, 0.6) is 0 Å². The normalized spacial score (nSPS) is 25.0. The fourth-order valence-electron chi connectivity index (χ4n) is 4.34. The summed E-state index contributed by atoms with van der Waals surface area (Å²) in [6, 6.07) is 28.0. The zero-order chi connectivity index (χ0) is 22.5. The van der Waals surface area contributed by atoms with Crippen molar-refractivity contribution in [2.75, 3.05) is 0 Å². The summed E-state index contributed by atoms with van der Waals surface area (Å²) in [7, 11) is 0. The summed E-state index contributed by atoms with van der Waals surface area (Å²) in [5, 5.41) is 6.24. The third kappa shape index (κ3) is 4.73. The van der Waals surface area contributed by atoms with E-state index in [9.17, 15) is 9.59 Å². The molecule has 164 valence electrons. The van der Waals surface area contributed by atoms with Gasteiger partial charge in [0.25, 0.3) is 11.8 Å². The Balaban J connectivity index is 1.60. The predicted octanol–water partition coefficient (Wildman–Crippen LogP) is 4.58. The largest absolute Gasteiger partial charge is 0.350 e. The highest BCUT2D eigenvalue weighted by Crippen LogP contribution is 2.38. The molecule has 5 atom stereocenters. The molecule has 1 aliphatic rings. The number of rotatable bonds is 5. The fraction of sp³-hybridized carbons (Fsp3) is 0.259. The Morgan fingerprint density at radius 3 is 1.66 bits per heavy atom. The van der Waals surface area contributed by atoms with Gasteiger partial charge in [0.05, 0.1) is 6.10 Å². The monoisotopic (exact) mass is 428 g/mol. The number of nitrogens with one attached hydrogen (secondary N) is 2. The molecule has 0 spiro atoms. The number of carbonyl (C=O) groups is 2. The number of carbonyl (C=O) groups excluding carboxylic acids is 2. The predicted molar refractivity (Wildman–Crippen MR) is 124 cm³/mol. The number of hydrogen-bond acceptors (Lipinski definition) is 3. The summed E-state index contributed by atoms with van der Waals surface area (Å²) in [4.78, 5) is 25.8. The van der Waals surface area contributed by atoms with Crippen molar-refractivity contribution in [2.24, 2.45) is 11.8 Å². The van der Waals surface area contributed by atoms with Gasteiger partial charge >= 0.3 is 0 Å². The molecule has 2 N–H and O–H groups in total. The van der Waals surface area contributed by atoms with Gasteiger partial charge in [-0.25, -0.2) is 0 Å². The molecule has 1 unspecified atom stereocenters. The van der Waals surface area contributed by atoms with E-state index in [-0.39, 0.29) is 35.8 Å². The first-order valence-corrected chi connectivity index (χ1v) is 11.0. The Kier molecular flexibility index (Phi) is 6.66. The van der Waals surface area contributed by atoms with E-state index in [2.05, 4.69) is 17.6 Å². The maximum Gasteiger partial charge on any atom is 0.253 e. The second-order valence-corrected chi connectivity index (χ2v) is 8.31. The van der Waals surface area contributed by atoms with Gasteiger partial charge in [-0.1, -0.05) is 80.6 Å². The molecule has 2 amide bonds. The lowest BCUT2D eigenvalue weighted by Gasteiger charge is -2.45. The molecule has 1 saturated heterocycles. The molecule has 0 radical (unpaired) electrons. The lowest BCUT2D eigenvalue weighted by molar-refractivity contribution is -0.132. The van der Waals surface area contributed by atoms with Crippen LogP contribution < -0.4 is 10.6 Å². The van der Waals surface area contributed by atoms with Gasteiger partial charge in [-0.2, -0.15) is 0 Å². The van der Waals surface area contributed by atoms with E-state index in [0.717, 1.165) is 5.56 Å². The molecule has 0 bridgehead atoms. The highest BCUT2D eigenvalue weighted by atomic mass is 16.5. The molecule has 0 aliphatic carbocycles. The van der Waals surface area contributed by atoms with Crippen LogP contribution in [0.4, 0.5) is 0 Å². The van der Waals surface area contributed by atoms with Gasteiger partial charge < -0.3 is 15.4 Å². The van der Waals surface area contributed by atoms with E-state index < -0.39 is 6.23 Å². The average Bonchev–Trinajstić information content (AvgIpc) is 2.85. The first-order valence-electron chi connectivity index (χ1n) is 11.0. The highest BCUT2D eigenvalue weighted by Gasteiger charge is 2.43. The van der Waals surface area contributed by atoms with Crippen LogP contribution >= 0.6 is 0 Å². The minimum atomic E-state index is -0.551. The number of amides is 2. The summed E-state index contributed by atoms with van der Waals surface area (Å²) in [5.41, 5.74) is 2.20. The van der Waals surface area contributed by atoms with Gasteiger partial charge in [0.1, 0.15) is 6.23 Å². The van der Waals surface area contributed by atoms with E-state index in [1.54, 1.807) is 24.3 Å². The fourth-order valence-corrected chi connectivity index (χ4v) is 4.34. The van der Waals surface area contributed by atoms with Crippen LogP contribution in [0, 0.1) is 11.8 Å². The summed E-state index contributed by atoms with van der Waals surface area (Å²) in [5.74, 6) is -0.455. The third-order valence-electron chi connectivity index (χ3n) is 6.15. The Labute approximate surface area is 188 Å². The first kappa shape index (κ1) is 21.8. The molecule has 1 aliphatic heterocycles. The number of hydrogen-bond donors (Lipinski definition) is 2. The van der Waals surface area contributed by atoms with Gasteiger partial charge in [-0.3, -0.25) is 9.59 Å². The van der Waals surface area contributed by atoms with E-state index in [4.69, 9.17) is 4.74 Å². The van der Waals surface area contributed by atoms with E-state index in [0.29, 0.717) is 11.1 Å². The molecule has 3 aromatic carbocycles. The van der Waals surface area contributed by atoms with Crippen molar-refractivity contribution in [3.63, 3.8) is 0 Å². The standard InChI is InChI=1S/C27H28N2O3/c1-18-23(28-25(30)21-14-8-4-9-15-21)19(2)27(29-26(31)22-16-10-5-11-17-22)32-24(18)20-12-6-3-7-13-20/h3-19,23-24,27H,1-2H3,(H,28,30)(H,29,31)/t18-,19+,23+,24+,27?/m0/s1. The minimum absolute atomic E-state index is 0.00457. The lowest BCUT2D eigenvalue weighted by atomic mass is 9.80. The van der Waals surface area contributed by atoms with Crippen LogP contribution in [-0.4, -0.2) is 24.1 Å². The van der Waals surface area contributed by atoms with E-state index in [1.165, 1.54) is 0 Å². The van der Waals surface area contributed by atoms with Gasteiger partial charge in [-0.15, -0.1) is 0 Å². The number of benzene rings is 3. The van der Waals surface area contributed by atoms with Crippen molar-refractivity contribution >= 4 is 11.8 Å². The van der Waals surface area contributed by atoms with Crippen molar-refractivity contribution < 1.29 is 14.3 Å². The summed E-state index contributed by atoms with van der Waals surface area (Å²) in [6.07, 6.45) is -0.820. The van der Waals surface area contributed by atoms with Crippen molar-refractivity contribution in [1.29, 1.82) is 0 Å². The Morgan fingerprint density at radius 2 is 1.12 bits per heavy atom. The van der Waals surface area contributed by atoms with Crippen LogP contribution in [0.3, 0.4) is 0 Å². The van der Waals surface area contributed by atoms with Gasteiger partial charge in [0.2, 0.25) is 0 Å². The smallest absolute Gasteiger partial charge is 0.253 e. The lowest BCUT2D eigenvalue weighted by Crippen LogP contribution is -2.58. The quantitative estimate of drug-likeness (QED) is 0.625. The zero-order valence-corrected chi connectivity index (χ0v) is 18.3. The molecule has 0 saturated carbocycles. The average molecular weight is 429 g/mol. The minimum Gasteiger partial charge on any atom is -0.350 e.